The van der Waals surface area contributed by atoms with E-state index in [0.717, 1.165) is 38.8 Å². The summed E-state index contributed by atoms with van der Waals surface area (Å²) in [5, 5.41) is 29.2. The molecule has 2 rings (SSSR count). The predicted octanol–water partition coefficient (Wildman–Crippen LogP) is 2.79. The second-order valence-electron chi connectivity index (χ2n) is 7.73. The van der Waals surface area contributed by atoms with E-state index in [1.54, 1.807) is 38.2 Å². The lowest BCUT2D eigenvalue weighted by Crippen LogP contribution is -2.52. The lowest BCUT2D eigenvalue weighted by atomic mass is 9.88. The van der Waals surface area contributed by atoms with Gasteiger partial charge in [0.15, 0.2) is 0 Å². The van der Waals surface area contributed by atoms with E-state index in [-0.39, 0.29) is 21.9 Å². The first-order chi connectivity index (χ1) is 13.3. The van der Waals surface area contributed by atoms with Crippen LogP contribution >= 0.6 is 0 Å². The van der Waals surface area contributed by atoms with Crippen LogP contribution in [0.15, 0.2) is 48.6 Å². The maximum Gasteiger partial charge on any atom is 0.256 e. The van der Waals surface area contributed by atoms with Gasteiger partial charge in [0.2, 0.25) is 0 Å². The summed E-state index contributed by atoms with van der Waals surface area (Å²) in [6, 6.07) is -0.611. The highest BCUT2D eigenvalue weighted by Crippen LogP contribution is 2.22. The lowest BCUT2D eigenvalue weighted by Gasteiger charge is -2.28. The molecule has 8 nitrogen and oxygen atoms in total. The van der Waals surface area contributed by atoms with Gasteiger partial charge in [-0.15, -0.1) is 0 Å². The van der Waals surface area contributed by atoms with Gasteiger partial charge in [-0.2, -0.15) is 0 Å². The smallest absolute Gasteiger partial charge is 0.256 e. The molecule has 0 fully saturated rings. The molecule has 0 bridgehead atoms. The molecule has 4 unspecified atom stereocenters. The van der Waals surface area contributed by atoms with Crippen LogP contribution in [0.1, 0.15) is 39.5 Å². The van der Waals surface area contributed by atoms with Gasteiger partial charge in [-0.1, -0.05) is 49.3 Å². The second kappa shape index (κ2) is 9.75. The van der Waals surface area contributed by atoms with Crippen LogP contribution in [0.3, 0.4) is 0 Å². The molecule has 0 radical (unpaired) electrons. The van der Waals surface area contributed by atoms with Crippen molar-refractivity contribution in [2.24, 2.45) is 0 Å². The van der Waals surface area contributed by atoms with Crippen LogP contribution in [-0.2, 0) is 0 Å². The first-order valence-electron chi connectivity index (χ1n) is 9.78. The van der Waals surface area contributed by atoms with E-state index < -0.39 is 11.1 Å². The highest BCUT2D eigenvalue weighted by atomic mass is 16.6. The number of hydrogen-bond donors (Lipinski definition) is 2. The number of hydrogen-bond acceptors (Lipinski definition) is 6. The molecule has 2 aliphatic rings. The number of nitro groups is 2. The second-order valence-corrected chi connectivity index (χ2v) is 7.73. The molecule has 0 aliphatic heterocycles. The number of nitrogens with one attached hydrogen (secondary N) is 2. The van der Waals surface area contributed by atoms with Crippen molar-refractivity contribution in [2.45, 2.75) is 62.7 Å². The van der Waals surface area contributed by atoms with Crippen LogP contribution in [0, 0.1) is 20.2 Å². The quantitative estimate of drug-likeness (QED) is 0.319. The van der Waals surface area contributed by atoms with E-state index in [9.17, 15) is 20.2 Å². The van der Waals surface area contributed by atoms with Crippen molar-refractivity contribution < 1.29 is 9.85 Å². The minimum atomic E-state index is -1.11. The van der Waals surface area contributed by atoms with Crippen LogP contribution < -0.4 is 10.6 Å². The van der Waals surface area contributed by atoms with Crippen molar-refractivity contribution in [1.82, 2.24) is 10.6 Å². The zero-order chi connectivity index (χ0) is 20.6. The summed E-state index contributed by atoms with van der Waals surface area (Å²) in [7, 11) is 0. The summed E-state index contributed by atoms with van der Waals surface area (Å²) in [6.45, 7) is 4.69. The molecule has 0 aromatic carbocycles. The Morgan fingerprint density at radius 2 is 1.14 bits per heavy atom. The van der Waals surface area contributed by atoms with Gasteiger partial charge in [0.05, 0.1) is 0 Å². The molecule has 0 spiro atoms. The third-order valence-electron chi connectivity index (χ3n) is 5.57. The van der Waals surface area contributed by atoms with Crippen molar-refractivity contribution in [3.8, 4) is 0 Å². The van der Waals surface area contributed by atoms with Gasteiger partial charge >= 0.3 is 0 Å². The van der Waals surface area contributed by atoms with Gasteiger partial charge < -0.3 is 10.6 Å². The summed E-state index contributed by atoms with van der Waals surface area (Å²) in [5.41, 5.74) is -2.21. The van der Waals surface area contributed by atoms with E-state index in [0.29, 0.717) is 0 Å². The monoisotopic (exact) mass is 390 g/mol. The summed E-state index contributed by atoms with van der Waals surface area (Å²) in [6.07, 6.45) is 17.9. The fourth-order valence-corrected chi connectivity index (χ4v) is 3.47. The van der Waals surface area contributed by atoms with E-state index in [2.05, 4.69) is 10.6 Å². The standard InChI is InChI=1S/C20H30N4O4/c1-19(23(25)26)13-7-5-11-17(19)21-15-9-3-4-10-16-22-18-12-6-8-14-20(18,2)24(27)28/h5-8,11-14,17-18,21-22H,3-4,9-10,15-16H2,1-2H3. The molecule has 28 heavy (non-hydrogen) atoms. The van der Waals surface area contributed by atoms with Gasteiger partial charge in [-0.05, 0) is 38.1 Å². The molecular formula is C20H30N4O4. The molecule has 4 atom stereocenters. The molecule has 0 aromatic heterocycles. The Morgan fingerprint density at radius 1 is 0.750 bits per heavy atom. The van der Waals surface area contributed by atoms with Gasteiger partial charge in [0, 0.05) is 23.7 Å². The third kappa shape index (κ3) is 5.14. The zero-order valence-corrected chi connectivity index (χ0v) is 16.5. The first-order valence-corrected chi connectivity index (χ1v) is 9.78. The van der Waals surface area contributed by atoms with Crippen molar-refractivity contribution in [1.29, 1.82) is 0 Å². The molecule has 0 saturated carbocycles. The Hall–Kier alpha value is -2.32. The number of allylic oxidation sites excluding steroid dienone is 4. The molecule has 0 saturated heterocycles. The van der Waals surface area contributed by atoms with E-state index in [1.165, 1.54) is 0 Å². The molecule has 0 heterocycles. The first kappa shape index (κ1) is 22.0. The summed E-state index contributed by atoms with van der Waals surface area (Å²) in [4.78, 5) is 22.2. The molecular weight excluding hydrogens is 360 g/mol. The third-order valence-corrected chi connectivity index (χ3v) is 5.57. The molecule has 8 heteroatoms. The number of rotatable bonds is 11. The Kier molecular flexibility index (Phi) is 7.65. The molecule has 0 amide bonds. The van der Waals surface area contributed by atoms with Gasteiger partial charge in [-0.25, -0.2) is 0 Å². The molecule has 2 N–H and O–H groups in total. The fourth-order valence-electron chi connectivity index (χ4n) is 3.47. The van der Waals surface area contributed by atoms with E-state index in [4.69, 9.17) is 0 Å². The van der Waals surface area contributed by atoms with Crippen LogP contribution in [0.4, 0.5) is 0 Å². The van der Waals surface area contributed by atoms with Gasteiger partial charge in [0.25, 0.3) is 11.1 Å². The fraction of sp³-hybridized carbons (Fsp3) is 0.600. The number of nitrogens with zero attached hydrogens (tertiary/aromatic N) is 2. The number of unbranched alkanes of at least 4 members (excludes halogenated alkanes) is 3. The maximum absolute atomic E-state index is 11.3. The van der Waals surface area contributed by atoms with Crippen molar-refractivity contribution >= 4 is 0 Å². The van der Waals surface area contributed by atoms with Crippen LogP contribution in [0.2, 0.25) is 0 Å². The maximum atomic E-state index is 11.3. The normalized spacial score (nSPS) is 31.2. The highest BCUT2D eigenvalue weighted by molar-refractivity contribution is 5.24. The summed E-state index contributed by atoms with van der Waals surface area (Å²) in [5.74, 6) is 0. The van der Waals surface area contributed by atoms with E-state index >= 15 is 0 Å². The zero-order valence-electron chi connectivity index (χ0n) is 16.5. The summed E-state index contributed by atoms with van der Waals surface area (Å²) < 4.78 is 0. The Labute approximate surface area is 165 Å². The summed E-state index contributed by atoms with van der Waals surface area (Å²) >= 11 is 0. The van der Waals surface area contributed by atoms with Crippen LogP contribution in [0.5, 0.6) is 0 Å². The SMILES string of the molecule is CC1([N+](=O)[O-])C=CC=CC1NCCCCCCNC1C=CC=CC1(C)[N+](=O)[O-]. The lowest BCUT2D eigenvalue weighted by molar-refractivity contribution is -0.553. The molecule has 2 aliphatic carbocycles. The Bertz CT molecular complexity index is 630. The van der Waals surface area contributed by atoms with Crippen molar-refractivity contribution in [3.05, 3.63) is 68.8 Å². The highest BCUT2D eigenvalue weighted by Gasteiger charge is 2.43. The molecule has 154 valence electrons. The van der Waals surface area contributed by atoms with Crippen molar-refractivity contribution in [3.63, 3.8) is 0 Å². The topological polar surface area (TPSA) is 110 Å². The Balaban J connectivity index is 1.61. The minimum absolute atomic E-state index is 0.246. The van der Waals surface area contributed by atoms with Gasteiger partial charge in [-0.3, -0.25) is 20.2 Å². The molecule has 0 aromatic rings. The minimum Gasteiger partial charge on any atom is -0.304 e. The van der Waals surface area contributed by atoms with Crippen LogP contribution in [-0.4, -0.2) is 46.1 Å². The predicted molar refractivity (Wildman–Crippen MR) is 109 cm³/mol. The Morgan fingerprint density at radius 3 is 1.50 bits per heavy atom. The average Bonchev–Trinajstić information content (AvgIpc) is 2.66. The van der Waals surface area contributed by atoms with Crippen molar-refractivity contribution in [2.75, 3.05) is 13.1 Å². The van der Waals surface area contributed by atoms with Gasteiger partial charge in [0.1, 0.15) is 12.1 Å². The largest absolute Gasteiger partial charge is 0.304 e. The van der Waals surface area contributed by atoms with Crippen LogP contribution in [0.25, 0.3) is 0 Å². The average molecular weight is 390 g/mol. The van der Waals surface area contributed by atoms with E-state index in [1.807, 2.05) is 24.3 Å².